The summed E-state index contributed by atoms with van der Waals surface area (Å²) in [7, 11) is 0. The maximum Gasteiger partial charge on any atom is 0.429 e. The van der Waals surface area contributed by atoms with Crippen LogP contribution in [0.25, 0.3) is 10.8 Å². The molecule has 0 unspecified atom stereocenters. The third-order valence-electron chi connectivity index (χ3n) is 4.26. The van der Waals surface area contributed by atoms with E-state index < -0.39 is 24.4 Å². The molecule has 0 saturated carbocycles. The summed E-state index contributed by atoms with van der Waals surface area (Å²) in [6.07, 6.45) is -8.22. The molecule has 27 heavy (non-hydrogen) atoms. The number of rotatable bonds is 4. The molecule has 140 valence electrons. The Balaban J connectivity index is 1.85. The molecule has 2 atom stereocenters. The third-order valence-corrected chi connectivity index (χ3v) is 4.26. The van der Waals surface area contributed by atoms with E-state index in [0.29, 0.717) is 10.8 Å². The molecule has 6 heteroatoms. The largest absolute Gasteiger partial charge is 0.432 e. The van der Waals surface area contributed by atoms with Crippen LogP contribution in [0, 0.1) is 0 Å². The van der Waals surface area contributed by atoms with Crippen molar-refractivity contribution in [2.45, 2.75) is 25.2 Å². The molecule has 3 aromatic rings. The molecule has 1 N–H and O–H groups in total. The monoisotopic (exact) mass is 373 g/mol. The zero-order valence-electron chi connectivity index (χ0n) is 14.5. The van der Waals surface area contributed by atoms with E-state index in [0.717, 1.165) is 5.56 Å². The number of hydrogen-bond acceptors (Lipinski definition) is 2. The Bertz CT molecular complexity index is 920. The van der Waals surface area contributed by atoms with E-state index in [4.69, 9.17) is 4.74 Å². The van der Waals surface area contributed by atoms with E-state index in [2.05, 4.69) is 5.32 Å². The fourth-order valence-electron chi connectivity index (χ4n) is 2.93. The fourth-order valence-corrected chi connectivity index (χ4v) is 2.93. The number of carbonyl (C=O) groups is 1. The van der Waals surface area contributed by atoms with E-state index in [1.54, 1.807) is 61.5 Å². The summed E-state index contributed by atoms with van der Waals surface area (Å²) in [6, 6.07) is 19.7. The highest BCUT2D eigenvalue weighted by Gasteiger charge is 2.45. The average molecular weight is 373 g/mol. The molecule has 0 bridgehead atoms. The van der Waals surface area contributed by atoms with Crippen LogP contribution in [0.15, 0.2) is 72.8 Å². The summed E-state index contributed by atoms with van der Waals surface area (Å²) in [5.74, 6) is 0. The highest BCUT2D eigenvalue weighted by molar-refractivity contribution is 5.86. The smallest absolute Gasteiger partial charge is 0.429 e. The van der Waals surface area contributed by atoms with Crippen molar-refractivity contribution in [3.8, 4) is 0 Å². The van der Waals surface area contributed by atoms with Gasteiger partial charge in [-0.2, -0.15) is 13.2 Å². The number of benzene rings is 3. The second kappa shape index (κ2) is 7.70. The number of alkyl halides is 3. The molecule has 1 amide bonds. The van der Waals surface area contributed by atoms with Crippen molar-refractivity contribution in [3.63, 3.8) is 0 Å². The lowest BCUT2D eigenvalue weighted by molar-refractivity contribution is -0.206. The van der Waals surface area contributed by atoms with Gasteiger partial charge in [0.25, 0.3) is 0 Å². The van der Waals surface area contributed by atoms with Crippen molar-refractivity contribution in [1.29, 1.82) is 0 Å². The normalized spacial score (nSPS) is 13.8. The molecule has 0 aliphatic heterocycles. The van der Waals surface area contributed by atoms with Crippen molar-refractivity contribution >= 4 is 16.9 Å². The molecule has 0 radical (unpaired) electrons. The van der Waals surface area contributed by atoms with E-state index >= 15 is 0 Å². The minimum atomic E-state index is -4.74. The fraction of sp³-hybridized carbons (Fsp3) is 0.190. The molecule has 3 aromatic carbocycles. The van der Waals surface area contributed by atoms with Crippen LogP contribution in [0.5, 0.6) is 0 Å². The maximum absolute atomic E-state index is 13.6. The Labute approximate surface area is 154 Å². The zero-order valence-corrected chi connectivity index (χ0v) is 14.5. The molecule has 0 fully saturated rings. The van der Waals surface area contributed by atoms with Crippen LogP contribution in [-0.2, 0) is 4.74 Å². The van der Waals surface area contributed by atoms with Crippen molar-refractivity contribution in [1.82, 2.24) is 5.32 Å². The van der Waals surface area contributed by atoms with Crippen LogP contribution in [0.1, 0.15) is 30.2 Å². The first kappa shape index (κ1) is 18.8. The number of alkyl carbamates (subject to hydrolysis) is 1. The topological polar surface area (TPSA) is 38.3 Å². The number of amides is 1. The average Bonchev–Trinajstić information content (AvgIpc) is 2.65. The van der Waals surface area contributed by atoms with Gasteiger partial charge in [-0.05, 0) is 23.3 Å². The lowest BCUT2D eigenvalue weighted by atomic mass is 10.00. The highest BCUT2D eigenvalue weighted by atomic mass is 19.4. The molecule has 3 nitrogen and oxygen atoms in total. The number of halogens is 3. The molecular weight excluding hydrogens is 355 g/mol. The number of hydrogen-bond donors (Lipinski definition) is 1. The number of nitrogens with one attached hydrogen (secondary N) is 1. The van der Waals surface area contributed by atoms with E-state index in [1.165, 1.54) is 12.1 Å². The minimum absolute atomic E-state index is 0.0943. The van der Waals surface area contributed by atoms with Gasteiger partial charge in [0.15, 0.2) is 0 Å². The van der Waals surface area contributed by atoms with Gasteiger partial charge in [0, 0.05) is 5.56 Å². The van der Waals surface area contributed by atoms with Crippen LogP contribution in [0.3, 0.4) is 0 Å². The third kappa shape index (κ3) is 4.39. The van der Waals surface area contributed by atoms with Crippen molar-refractivity contribution in [2.24, 2.45) is 0 Å². The number of fused-ring (bicyclic) bond motifs is 1. The van der Waals surface area contributed by atoms with E-state index in [-0.39, 0.29) is 5.56 Å². The number of carbonyl (C=O) groups excluding carboxylic acids is 1. The predicted molar refractivity (Wildman–Crippen MR) is 97.2 cm³/mol. The second-order valence-electron chi connectivity index (χ2n) is 6.17. The molecule has 0 aliphatic rings. The molecule has 0 saturated heterocycles. The summed E-state index contributed by atoms with van der Waals surface area (Å²) >= 11 is 0. The van der Waals surface area contributed by atoms with Crippen LogP contribution >= 0.6 is 0 Å². The predicted octanol–water partition coefficient (Wildman–Crippen LogP) is 5.93. The Hall–Kier alpha value is -3.02. The Morgan fingerprint density at radius 1 is 0.926 bits per heavy atom. The van der Waals surface area contributed by atoms with Gasteiger partial charge in [0.2, 0.25) is 6.10 Å². The first-order valence-electron chi connectivity index (χ1n) is 8.42. The summed E-state index contributed by atoms with van der Waals surface area (Å²) in [5, 5.41) is 3.49. The van der Waals surface area contributed by atoms with Gasteiger partial charge >= 0.3 is 12.3 Å². The quantitative estimate of drug-likeness (QED) is 0.615. The van der Waals surface area contributed by atoms with Crippen LogP contribution < -0.4 is 5.32 Å². The minimum Gasteiger partial charge on any atom is -0.432 e. The van der Waals surface area contributed by atoms with Crippen molar-refractivity contribution < 1.29 is 22.7 Å². The molecule has 3 rings (SSSR count). The summed E-state index contributed by atoms with van der Waals surface area (Å²) < 4.78 is 45.8. The van der Waals surface area contributed by atoms with Gasteiger partial charge < -0.3 is 10.1 Å². The molecule has 0 aromatic heterocycles. The molecular formula is C21H18F3NO2. The Morgan fingerprint density at radius 3 is 2.26 bits per heavy atom. The van der Waals surface area contributed by atoms with E-state index in [9.17, 15) is 18.0 Å². The summed E-state index contributed by atoms with van der Waals surface area (Å²) in [6.45, 7) is 1.68. The lowest BCUT2D eigenvalue weighted by Gasteiger charge is -2.23. The highest BCUT2D eigenvalue weighted by Crippen LogP contribution is 2.39. The first-order chi connectivity index (χ1) is 12.9. The van der Waals surface area contributed by atoms with Gasteiger partial charge in [-0.15, -0.1) is 0 Å². The Kier molecular flexibility index (Phi) is 5.35. The second-order valence-corrected chi connectivity index (χ2v) is 6.17. The Morgan fingerprint density at radius 2 is 1.56 bits per heavy atom. The van der Waals surface area contributed by atoms with Gasteiger partial charge in [-0.3, -0.25) is 0 Å². The van der Waals surface area contributed by atoms with Crippen LogP contribution in [0.2, 0.25) is 0 Å². The van der Waals surface area contributed by atoms with E-state index in [1.807, 2.05) is 6.07 Å². The van der Waals surface area contributed by atoms with Gasteiger partial charge in [-0.1, -0.05) is 72.8 Å². The molecule has 0 aliphatic carbocycles. The van der Waals surface area contributed by atoms with Crippen LogP contribution in [-0.4, -0.2) is 12.3 Å². The maximum atomic E-state index is 13.6. The van der Waals surface area contributed by atoms with Crippen molar-refractivity contribution in [3.05, 3.63) is 83.9 Å². The molecule has 0 spiro atoms. The molecule has 0 heterocycles. The van der Waals surface area contributed by atoms with Gasteiger partial charge in [0.1, 0.15) is 0 Å². The number of ether oxygens (including phenoxy) is 1. The standard InChI is InChI=1S/C21H18F3NO2/c1-14(15-8-3-2-4-9-15)25-20(26)27-19(21(22,23)24)18-13-7-11-16-10-5-6-12-17(16)18/h2-14,19H,1H3,(H,25,26)/t14-,19+/m1/s1. The van der Waals surface area contributed by atoms with Crippen LogP contribution in [0.4, 0.5) is 18.0 Å². The van der Waals surface area contributed by atoms with Gasteiger partial charge in [-0.25, -0.2) is 4.79 Å². The van der Waals surface area contributed by atoms with Gasteiger partial charge in [0.05, 0.1) is 6.04 Å². The first-order valence-corrected chi connectivity index (χ1v) is 8.42. The SMILES string of the molecule is C[C@@H](NC(=O)O[C@@H](c1cccc2ccccc12)C(F)(F)F)c1ccccc1. The summed E-state index contributed by atoms with van der Waals surface area (Å²) in [4.78, 5) is 12.2. The zero-order chi connectivity index (χ0) is 19.4. The lowest BCUT2D eigenvalue weighted by Crippen LogP contribution is -2.33. The van der Waals surface area contributed by atoms with Crippen molar-refractivity contribution in [2.75, 3.05) is 0 Å². The summed E-state index contributed by atoms with van der Waals surface area (Å²) in [5.41, 5.74) is 0.672.